The lowest BCUT2D eigenvalue weighted by Crippen LogP contribution is -2.10. The molecule has 0 rings (SSSR count). The van der Waals surface area contributed by atoms with Crippen LogP contribution in [0.2, 0.25) is 0 Å². The van der Waals surface area contributed by atoms with Gasteiger partial charge in [-0.3, -0.25) is 0 Å². The molecule has 0 heterocycles. The minimum atomic E-state index is -2.75. The molecular weight excluding hydrogens is 300 g/mol. The van der Waals surface area contributed by atoms with E-state index in [9.17, 15) is 8.42 Å². The molecule has 0 radical (unpaired) electrons. The molecular formula is C13H27BrO2S. The van der Waals surface area contributed by atoms with E-state index in [0.717, 1.165) is 31.0 Å². The van der Waals surface area contributed by atoms with Crippen molar-refractivity contribution in [2.75, 3.05) is 16.8 Å². The van der Waals surface area contributed by atoms with Crippen LogP contribution in [0.3, 0.4) is 0 Å². The zero-order valence-electron chi connectivity index (χ0n) is 11.1. The van der Waals surface area contributed by atoms with E-state index >= 15 is 0 Å². The normalized spacial score (nSPS) is 11.9. The Hall–Kier alpha value is 0.430. The fourth-order valence-electron chi connectivity index (χ4n) is 1.77. The quantitative estimate of drug-likeness (QED) is 0.395. The maximum absolute atomic E-state index is 11.6. The van der Waals surface area contributed by atoms with Crippen LogP contribution in [0.5, 0.6) is 0 Å². The van der Waals surface area contributed by atoms with E-state index in [0.29, 0.717) is 11.5 Å². The van der Waals surface area contributed by atoms with Crippen molar-refractivity contribution in [1.82, 2.24) is 0 Å². The third kappa shape index (κ3) is 12.7. The highest BCUT2D eigenvalue weighted by Gasteiger charge is 2.08. The van der Waals surface area contributed by atoms with E-state index < -0.39 is 9.84 Å². The Morgan fingerprint density at radius 1 is 0.765 bits per heavy atom. The summed E-state index contributed by atoms with van der Waals surface area (Å²) < 4.78 is 23.1. The second kappa shape index (κ2) is 11.5. The summed E-state index contributed by atoms with van der Waals surface area (Å²) in [5, 5.41) is 1.10. The van der Waals surface area contributed by atoms with Gasteiger partial charge in [0, 0.05) is 5.33 Å². The predicted octanol–water partition coefficient (Wildman–Crippen LogP) is 4.33. The first-order valence-electron chi connectivity index (χ1n) is 6.89. The average Bonchev–Trinajstić information content (AvgIpc) is 2.30. The third-order valence-corrected chi connectivity index (χ3v) is 5.28. The van der Waals surface area contributed by atoms with Crippen LogP contribution in [0, 0.1) is 0 Å². The highest BCUT2D eigenvalue weighted by Crippen LogP contribution is 2.09. The first kappa shape index (κ1) is 17.4. The maximum atomic E-state index is 11.6. The number of rotatable bonds is 12. The molecule has 0 aromatic heterocycles. The minimum absolute atomic E-state index is 0.384. The zero-order valence-corrected chi connectivity index (χ0v) is 13.5. The summed E-state index contributed by atoms with van der Waals surface area (Å²) in [5.41, 5.74) is 0. The van der Waals surface area contributed by atoms with Crippen molar-refractivity contribution in [3.8, 4) is 0 Å². The maximum Gasteiger partial charge on any atom is 0.150 e. The van der Waals surface area contributed by atoms with Gasteiger partial charge in [0.05, 0.1) is 11.5 Å². The lowest BCUT2D eigenvalue weighted by Gasteiger charge is -2.03. The van der Waals surface area contributed by atoms with Crippen LogP contribution in [-0.2, 0) is 9.84 Å². The Balaban J connectivity index is 3.32. The van der Waals surface area contributed by atoms with Crippen molar-refractivity contribution in [3.63, 3.8) is 0 Å². The molecule has 0 aliphatic heterocycles. The van der Waals surface area contributed by atoms with Crippen molar-refractivity contribution in [3.05, 3.63) is 0 Å². The van der Waals surface area contributed by atoms with Crippen molar-refractivity contribution in [2.24, 2.45) is 0 Å². The standard InChI is InChI=1S/C13H27BrO2S/c1-2-3-12-17(15,16)13-10-8-6-4-5-7-9-11-14/h2-13H2,1H3. The first-order valence-corrected chi connectivity index (χ1v) is 9.83. The molecule has 104 valence electrons. The van der Waals surface area contributed by atoms with Crippen LogP contribution in [0.25, 0.3) is 0 Å². The van der Waals surface area contributed by atoms with Crippen LogP contribution >= 0.6 is 15.9 Å². The fraction of sp³-hybridized carbons (Fsp3) is 1.00. The van der Waals surface area contributed by atoms with Gasteiger partial charge in [-0.1, -0.05) is 61.4 Å². The summed E-state index contributed by atoms with van der Waals surface area (Å²) in [4.78, 5) is 0. The van der Waals surface area contributed by atoms with Gasteiger partial charge in [0.25, 0.3) is 0 Å². The van der Waals surface area contributed by atoms with Crippen molar-refractivity contribution < 1.29 is 8.42 Å². The third-order valence-electron chi connectivity index (χ3n) is 2.90. The van der Waals surface area contributed by atoms with Gasteiger partial charge in [-0.25, -0.2) is 8.42 Å². The summed E-state index contributed by atoms with van der Waals surface area (Å²) in [7, 11) is -2.75. The molecule has 0 aliphatic carbocycles. The van der Waals surface area contributed by atoms with Gasteiger partial charge >= 0.3 is 0 Å². The molecule has 0 saturated carbocycles. The van der Waals surface area contributed by atoms with Gasteiger partial charge in [0.2, 0.25) is 0 Å². The molecule has 2 nitrogen and oxygen atoms in total. The number of alkyl halides is 1. The van der Waals surface area contributed by atoms with Crippen molar-refractivity contribution in [1.29, 1.82) is 0 Å². The Morgan fingerprint density at radius 3 is 1.76 bits per heavy atom. The van der Waals surface area contributed by atoms with Crippen LogP contribution in [0.1, 0.15) is 64.7 Å². The Kier molecular flexibility index (Phi) is 11.8. The number of sulfone groups is 1. The zero-order chi connectivity index (χ0) is 13.0. The molecule has 0 aromatic rings. The average molecular weight is 327 g/mol. The summed E-state index contributed by atoms with van der Waals surface area (Å²) >= 11 is 3.42. The monoisotopic (exact) mass is 326 g/mol. The number of hydrogen-bond acceptors (Lipinski definition) is 2. The van der Waals surface area contributed by atoms with E-state index in [1.54, 1.807) is 0 Å². The van der Waals surface area contributed by atoms with Gasteiger partial charge in [-0.2, -0.15) is 0 Å². The molecule has 0 atom stereocenters. The summed E-state index contributed by atoms with van der Waals surface area (Å²) in [6.07, 6.45) is 9.97. The van der Waals surface area contributed by atoms with Crippen LogP contribution in [0.15, 0.2) is 0 Å². The Morgan fingerprint density at radius 2 is 1.24 bits per heavy atom. The molecule has 0 amide bonds. The van der Waals surface area contributed by atoms with Gasteiger partial charge in [0.15, 0.2) is 0 Å². The lowest BCUT2D eigenvalue weighted by atomic mass is 10.1. The molecule has 4 heteroatoms. The van der Waals surface area contributed by atoms with Gasteiger partial charge in [0.1, 0.15) is 9.84 Å². The SMILES string of the molecule is CCCCS(=O)(=O)CCCCCCCCCBr. The van der Waals surface area contributed by atoms with E-state index in [1.807, 2.05) is 6.92 Å². The minimum Gasteiger partial charge on any atom is -0.229 e. The van der Waals surface area contributed by atoms with Gasteiger partial charge < -0.3 is 0 Å². The molecule has 0 unspecified atom stereocenters. The second-order valence-corrected chi connectivity index (χ2v) is 7.77. The lowest BCUT2D eigenvalue weighted by molar-refractivity contribution is 0.577. The number of halogens is 1. The Labute approximate surface area is 116 Å². The smallest absolute Gasteiger partial charge is 0.150 e. The predicted molar refractivity (Wildman–Crippen MR) is 79.7 cm³/mol. The van der Waals surface area contributed by atoms with Gasteiger partial charge in [-0.15, -0.1) is 0 Å². The van der Waals surface area contributed by atoms with Gasteiger partial charge in [-0.05, 0) is 19.3 Å². The number of hydrogen-bond donors (Lipinski definition) is 0. The van der Waals surface area contributed by atoms with Crippen molar-refractivity contribution in [2.45, 2.75) is 64.7 Å². The number of unbranched alkanes of at least 4 members (excludes halogenated alkanes) is 7. The molecule has 0 spiro atoms. The van der Waals surface area contributed by atoms with Crippen LogP contribution in [0.4, 0.5) is 0 Å². The van der Waals surface area contributed by atoms with E-state index in [1.165, 1.54) is 32.1 Å². The topological polar surface area (TPSA) is 34.1 Å². The van der Waals surface area contributed by atoms with E-state index in [-0.39, 0.29) is 0 Å². The van der Waals surface area contributed by atoms with Crippen LogP contribution in [-0.4, -0.2) is 25.3 Å². The fourth-order valence-corrected chi connectivity index (χ4v) is 3.74. The molecule has 0 aliphatic rings. The molecule has 0 fully saturated rings. The van der Waals surface area contributed by atoms with Crippen molar-refractivity contribution >= 4 is 25.8 Å². The highest BCUT2D eigenvalue weighted by atomic mass is 79.9. The molecule has 0 N–H and O–H groups in total. The van der Waals surface area contributed by atoms with E-state index in [4.69, 9.17) is 0 Å². The molecule has 0 bridgehead atoms. The summed E-state index contributed by atoms with van der Waals surface area (Å²) in [6.45, 7) is 2.03. The van der Waals surface area contributed by atoms with E-state index in [2.05, 4.69) is 15.9 Å². The molecule has 0 aromatic carbocycles. The first-order chi connectivity index (χ1) is 8.12. The highest BCUT2D eigenvalue weighted by molar-refractivity contribution is 9.09. The largest absolute Gasteiger partial charge is 0.229 e. The summed E-state index contributed by atoms with van der Waals surface area (Å²) in [5.74, 6) is 0.781. The second-order valence-electron chi connectivity index (χ2n) is 4.67. The Bertz CT molecular complexity index is 250. The van der Waals surface area contributed by atoms with Crippen LogP contribution < -0.4 is 0 Å². The molecule has 0 saturated heterocycles. The molecule has 17 heavy (non-hydrogen) atoms. The summed E-state index contributed by atoms with van der Waals surface area (Å²) in [6, 6.07) is 0.